The Kier molecular flexibility index (Phi) is 7.20. The lowest BCUT2D eigenvalue weighted by atomic mass is 9.91. The van der Waals surface area contributed by atoms with Crippen molar-refractivity contribution in [3.8, 4) is 28.2 Å². The van der Waals surface area contributed by atoms with Gasteiger partial charge in [-0.1, -0.05) is 18.2 Å². The minimum Gasteiger partial charge on any atom is -0.506 e. The standard InChI is InChI=1S/C20H8I4O5.H2O/c21-11-5-9-13(7-3-1-2-4-8(7)20(27)28)10-6-12(22)17(26)15(24)19(10)29-18(9)14(23)16(11)25;/h1-6,25H,(H,27,28);1H2. The molecule has 1 aliphatic carbocycles. The van der Waals surface area contributed by atoms with Crippen LogP contribution in [0.2, 0.25) is 0 Å². The molecular weight excluding hydrogens is 844 g/mol. The molecule has 0 fully saturated rings. The summed E-state index contributed by atoms with van der Waals surface area (Å²) in [5.41, 5.74) is 2.24. The number of carboxylic acid groups (broad SMARTS) is 1. The molecule has 6 nitrogen and oxygen atoms in total. The molecule has 0 saturated carbocycles. The van der Waals surface area contributed by atoms with Crippen molar-refractivity contribution in [2.45, 2.75) is 0 Å². The zero-order chi connectivity index (χ0) is 21.0. The van der Waals surface area contributed by atoms with Crippen LogP contribution in [0, 0.1) is 14.3 Å². The topological polar surface area (TPSA) is 119 Å². The van der Waals surface area contributed by atoms with Gasteiger partial charge in [-0.05, 0) is 114 Å². The summed E-state index contributed by atoms with van der Waals surface area (Å²) in [4.78, 5) is 24.4. The normalized spacial score (nSPS) is 10.9. The maximum atomic E-state index is 12.5. The highest BCUT2D eigenvalue weighted by atomic mass is 127. The fraction of sp³-hybridized carbons (Fsp3) is 0. The highest BCUT2D eigenvalue weighted by Crippen LogP contribution is 2.46. The van der Waals surface area contributed by atoms with Crippen LogP contribution in [-0.4, -0.2) is 21.7 Å². The van der Waals surface area contributed by atoms with Crippen molar-refractivity contribution in [2.75, 3.05) is 0 Å². The van der Waals surface area contributed by atoms with Gasteiger partial charge < -0.3 is 20.1 Å². The second-order valence-electron chi connectivity index (χ2n) is 6.10. The molecule has 2 aromatic rings. The first kappa shape index (κ1) is 23.9. The molecule has 0 saturated heterocycles. The van der Waals surface area contributed by atoms with E-state index in [9.17, 15) is 19.8 Å². The van der Waals surface area contributed by atoms with Gasteiger partial charge in [0, 0.05) is 16.5 Å². The van der Waals surface area contributed by atoms with E-state index in [0.29, 0.717) is 47.7 Å². The fourth-order valence-corrected chi connectivity index (χ4v) is 6.75. The number of rotatable bonds is 2. The van der Waals surface area contributed by atoms with Crippen molar-refractivity contribution in [1.82, 2.24) is 0 Å². The van der Waals surface area contributed by atoms with Gasteiger partial charge in [0.1, 0.15) is 9.32 Å². The first-order valence-corrected chi connectivity index (χ1v) is 12.3. The van der Waals surface area contributed by atoms with E-state index in [-0.39, 0.29) is 22.2 Å². The minimum atomic E-state index is -1.05. The molecular formula is C20H10I4O6. The Morgan fingerprint density at radius 2 is 1.60 bits per heavy atom. The number of carbonyl (C=O) groups is 1. The number of hydrogen-bond donors (Lipinski definition) is 2. The van der Waals surface area contributed by atoms with Crippen LogP contribution >= 0.6 is 90.4 Å². The van der Waals surface area contributed by atoms with Gasteiger partial charge in [0.25, 0.3) is 0 Å². The quantitative estimate of drug-likeness (QED) is 0.202. The summed E-state index contributed by atoms with van der Waals surface area (Å²) >= 11 is 7.96. The fourth-order valence-electron chi connectivity index (χ4n) is 3.17. The van der Waals surface area contributed by atoms with Gasteiger partial charge in [-0.15, -0.1) is 0 Å². The number of benzene rings is 3. The molecule has 30 heavy (non-hydrogen) atoms. The number of phenols is 1. The summed E-state index contributed by atoms with van der Waals surface area (Å²) in [5.74, 6) is -0.588. The Labute approximate surface area is 224 Å². The first-order valence-electron chi connectivity index (χ1n) is 8.00. The third-order valence-corrected chi connectivity index (χ3v) is 8.05. The number of halogens is 4. The third kappa shape index (κ3) is 3.81. The number of hydrogen-bond acceptors (Lipinski definition) is 4. The van der Waals surface area contributed by atoms with Crippen molar-refractivity contribution >= 4 is 107 Å². The van der Waals surface area contributed by atoms with E-state index in [2.05, 4.69) is 0 Å². The minimum absolute atomic E-state index is 0. The van der Waals surface area contributed by atoms with E-state index in [0.717, 1.165) is 0 Å². The van der Waals surface area contributed by atoms with Crippen LogP contribution in [0.1, 0.15) is 10.4 Å². The molecule has 0 bridgehead atoms. The molecule has 10 heteroatoms. The maximum Gasteiger partial charge on any atom is 0.336 e. The summed E-state index contributed by atoms with van der Waals surface area (Å²) in [6, 6.07) is 10.2. The molecule has 0 aromatic heterocycles. The van der Waals surface area contributed by atoms with E-state index < -0.39 is 5.97 Å². The van der Waals surface area contributed by atoms with Gasteiger partial charge in [0.05, 0.1) is 16.3 Å². The molecule has 4 rings (SSSR count). The van der Waals surface area contributed by atoms with Gasteiger partial charge in [-0.2, -0.15) is 0 Å². The second kappa shape index (κ2) is 9.03. The molecule has 4 N–H and O–H groups in total. The Morgan fingerprint density at radius 1 is 0.933 bits per heavy atom. The second-order valence-corrected chi connectivity index (χ2v) is 10.6. The predicted octanol–water partition coefficient (Wildman–Crippen LogP) is 5.56. The van der Waals surface area contributed by atoms with Crippen molar-refractivity contribution in [1.29, 1.82) is 0 Å². The SMILES string of the molecule is O.O=C(O)c1ccccc1-c1c2cc(I)c(=O)c(I)c-2oc2c(I)c(O)c(I)cc12. The summed E-state index contributed by atoms with van der Waals surface area (Å²) in [5, 5.41) is 20.8. The molecule has 1 aliphatic heterocycles. The lowest BCUT2D eigenvalue weighted by Crippen LogP contribution is -2.12. The van der Waals surface area contributed by atoms with E-state index in [1.807, 2.05) is 90.4 Å². The molecule has 0 atom stereocenters. The number of aromatic hydroxyl groups is 1. The Balaban J connectivity index is 0.00000256. The first-order chi connectivity index (χ1) is 13.7. The molecule has 2 aliphatic rings. The molecule has 0 spiro atoms. The number of carboxylic acids is 1. The molecule has 0 amide bonds. The smallest absolute Gasteiger partial charge is 0.336 e. The van der Waals surface area contributed by atoms with Gasteiger partial charge in [-0.3, -0.25) is 4.79 Å². The summed E-state index contributed by atoms with van der Waals surface area (Å²) in [6.45, 7) is 0. The van der Waals surface area contributed by atoms with Crippen molar-refractivity contribution in [3.05, 3.63) is 66.5 Å². The predicted molar refractivity (Wildman–Crippen MR) is 148 cm³/mol. The van der Waals surface area contributed by atoms with Gasteiger partial charge >= 0.3 is 5.97 Å². The Hall–Kier alpha value is -0.720. The molecule has 154 valence electrons. The number of phenolic OH excluding ortho intramolecular Hbond substituents is 1. The molecule has 0 unspecified atom stereocenters. The van der Waals surface area contributed by atoms with Gasteiger partial charge in [0.2, 0.25) is 5.43 Å². The van der Waals surface area contributed by atoms with E-state index in [4.69, 9.17) is 4.42 Å². The number of fused-ring (bicyclic) bond motifs is 2. The molecule has 0 radical (unpaired) electrons. The molecule has 1 heterocycles. The average molecular weight is 854 g/mol. The summed E-state index contributed by atoms with van der Waals surface area (Å²) in [6.07, 6.45) is 0. The van der Waals surface area contributed by atoms with Crippen LogP contribution in [-0.2, 0) is 0 Å². The average Bonchev–Trinajstić information content (AvgIpc) is 2.69. The van der Waals surface area contributed by atoms with Crippen LogP contribution in [0.5, 0.6) is 5.75 Å². The van der Waals surface area contributed by atoms with Crippen LogP contribution < -0.4 is 5.43 Å². The summed E-state index contributed by atoms with van der Waals surface area (Å²) in [7, 11) is 0. The van der Waals surface area contributed by atoms with Crippen molar-refractivity contribution in [2.24, 2.45) is 0 Å². The Bertz CT molecular complexity index is 1360. The number of aromatic carboxylic acids is 1. The van der Waals surface area contributed by atoms with Crippen molar-refractivity contribution in [3.63, 3.8) is 0 Å². The largest absolute Gasteiger partial charge is 0.506 e. The van der Waals surface area contributed by atoms with E-state index >= 15 is 0 Å². The highest BCUT2D eigenvalue weighted by Gasteiger charge is 2.27. The third-order valence-electron chi connectivity index (χ3n) is 4.45. The van der Waals surface area contributed by atoms with Crippen LogP contribution in [0.3, 0.4) is 0 Å². The lowest BCUT2D eigenvalue weighted by Gasteiger charge is -2.19. The highest BCUT2D eigenvalue weighted by molar-refractivity contribution is 14.1. The van der Waals surface area contributed by atoms with Crippen LogP contribution in [0.4, 0.5) is 0 Å². The molecule has 2 aromatic carbocycles. The lowest BCUT2D eigenvalue weighted by molar-refractivity contribution is 0.0697. The van der Waals surface area contributed by atoms with E-state index in [1.165, 1.54) is 0 Å². The van der Waals surface area contributed by atoms with Crippen LogP contribution in [0.15, 0.2) is 45.6 Å². The Morgan fingerprint density at radius 3 is 2.27 bits per heavy atom. The van der Waals surface area contributed by atoms with Gasteiger partial charge in [0.15, 0.2) is 11.3 Å². The van der Waals surface area contributed by atoms with Crippen LogP contribution in [0.25, 0.3) is 33.4 Å². The zero-order valence-electron chi connectivity index (χ0n) is 14.6. The van der Waals surface area contributed by atoms with E-state index in [1.54, 1.807) is 36.4 Å². The maximum absolute atomic E-state index is 12.5. The monoisotopic (exact) mass is 854 g/mol. The van der Waals surface area contributed by atoms with Crippen molar-refractivity contribution < 1.29 is 24.9 Å². The van der Waals surface area contributed by atoms with Gasteiger partial charge in [-0.25, -0.2) is 4.79 Å². The summed E-state index contributed by atoms with van der Waals surface area (Å²) < 4.78 is 8.16. The zero-order valence-corrected chi connectivity index (χ0v) is 23.2.